The second-order valence-corrected chi connectivity index (χ2v) is 4.32. The first kappa shape index (κ1) is 11.3. The average Bonchev–Trinajstić information content (AvgIpc) is 2.53. The summed E-state index contributed by atoms with van der Waals surface area (Å²) in [5, 5.41) is 3.41. The number of aromatic amines is 1. The summed E-state index contributed by atoms with van der Waals surface area (Å²) in [4.78, 5) is 11.4. The fourth-order valence-electron chi connectivity index (χ4n) is 1.47. The normalized spacial score (nSPS) is 10.7. The van der Waals surface area contributed by atoms with Crippen molar-refractivity contribution in [1.29, 1.82) is 0 Å². The largest absolute Gasteiger partial charge is 0.384 e. The van der Waals surface area contributed by atoms with Gasteiger partial charge in [0, 0.05) is 16.5 Å². The fourth-order valence-corrected chi connectivity index (χ4v) is 1.94. The van der Waals surface area contributed by atoms with Gasteiger partial charge in [-0.2, -0.15) is 5.16 Å². The SMILES string of the molecule is Cc1o[nH]c(=O)c1Cc1ccc(Cl)cc1Cl. The fraction of sp³-hybridized carbons (Fsp3) is 0.182. The van der Waals surface area contributed by atoms with Crippen LogP contribution in [0.2, 0.25) is 10.0 Å². The maximum absolute atomic E-state index is 11.4. The van der Waals surface area contributed by atoms with Gasteiger partial charge in [-0.05, 0) is 24.6 Å². The Labute approximate surface area is 102 Å². The molecule has 0 bridgehead atoms. The lowest BCUT2D eigenvalue weighted by Crippen LogP contribution is -2.07. The highest BCUT2D eigenvalue weighted by Crippen LogP contribution is 2.23. The van der Waals surface area contributed by atoms with Crippen molar-refractivity contribution < 1.29 is 4.52 Å². The van der Waals surface area contributed by atoms with E-state index in [1.165, 1.54) is 0 Å². The Balaban J connectivity index is 2.38. The minimum absolute atomic E-state index is 0.219. The van der Waals surface area contributed by atoms with E-state index in [4.69, 9.17) is 27.7 Å². The summed E-state index contributed by atoms with van der Waals surface area (Å²) in [6.45, 7) is 1.73. The van der Waals surface area contributed by atoms with Crippen LogP contribution in [0.1, 0.15) is 16.9 Å². The molecule has 1 aromatic carbocycles. The van der Waals surface area contributed by atoms with Gasteiger partial charge in [0.15, 0.2) is 0 Å². The van der Waals surface area contributed by atoms with Gasteiger partial charge in [-0.25, -0.2) is 0 Å². The third-order valence-corrected chi connectivity index (χ3v) is 2.97. The van der Waals surface area contributed by atoms with Gasteiger partial charge >= 0.3 is 0 Å². The predicted molar refractivity (Wildman–Crippen MR) is 63.3 cm³/mol. The molecule has 0 aliphatic heterocycles. The number of aryl methyl sites for hydroxylation is 1. The molecule has 0 spiro atoms. The van der Waals surface area contributed by atoms with Crippen molar-refractivity contribution in [2.45, 2.75) is 13.3 Å². The van der Waals surface area contributed by atoms with Gasteiger partial charge in [-0.1, -0.05) is 29.3 Å². The molecule has 1 heterocycles. The predicted octanol–water partition coefficient (Wildman–Crippen LogP) is 3.17. The van der Waals surface area contributed by atoms with Gasteiger partial charge < -0.3 is 4.52 Å². The van der Waals surface area contributed by atoms with Crippen molar-refractivity contribution in [2.24, 2.45) is 0 Å². The molecule has 0 aliphatic rings. The Morgan fingerprint density at radius 2 is 2.12 bits per heavy atom. The molecule has 3 nitrogen and oxygen atoms in total. The van der Waals surface area contributed by atoms with E-state index >= 15 is 0 Å². The van der Waals surface area contributed by atoms with E-state index in [9.17, 15) is 4.79 Å². The number of H-pyrrole nitrogens is 1. The van der Waals surface area contributed by atoms with E-state index in [0.717, 1.165) is 5.56 Å². The molecule has 0 amide bonds. The zero-order chi connectivity index (χ0) is 11.7. The highest BCUT2D eigenvalue weighted by atomic mass is 35.5. The smallest absolute Gasteiger partial charge is 0.283 e. The lowest BCUT2D eigenvalue weighted by atomic mass is 10.1. The summed E-state index contributed by atoms with van der Waals surface area (Å²) >= 11 is 11.8. The molecule has 0 atom stereocenters. The molecule has 5 heteroatoms. The Morgan fingerprint density at radius 1 is 1.38 bits per heavy atom. The molecule has 16 heavy (non-hydrogen) atoms. The number of benzene rings is 1. The Hall–Kier alpha value is -1.19. The molecule has 0 saturated carbocycles. The van der Waals surface area contributed by atoms with E-state index in [0.29, 0.717) is 27.8 Å². The summed E-state index contributed by atoms with van der Waals surface area (Å²) in [7, 11) is 0. The van der Waals surface area contributed by atoms with Crippen LogP contribution in [0.25, 0.3) is 0 Å². The molecule has 2 rings (SSSR count). The van der Waals surface area contributed by atoms with Crippen LogP contribution in [0.15, 0.2) is 27.5 Å². The van der Waals surface area contributed by atoms with Gasteiger partial charge in [-0.3, -0.25) is 4.79 Å². The first-order valence-corrected chi connectivity index (χ1v) is 5.44. The number of rotatable bonds is 2. The Morgan fingerprint density at radius 3 is 2.69 bits per heavy atom. The van der Waals surface area contributed by atoms with Crippen LogP contribution in [-0.2, 0) is 6.42 Å². The molecule has 0 unspecified atom stereocenters. The molecular formula is C11H9Cl2NO2. The van der Waals surface area contributed by atoms with Crippen LogP contribution in [-0.4, -0.2) is 5.16 Å². The molecule has 84 valence electrons. The van der Waals surface area contributed by atoms with Crippen molar-refractivity contribution in [3.63, 3.8) is 0 Å². The first-order valence-electron chi connectivity index (χ1n) is 4.69. The molecule has 2 aromatic rings. The van der Waals surface area contributed by atoms with E-state index in [1.807, 2.05) is 0 Å². The maximum atomic E-state index is 11.4. The van der Waals surface area contributed by atoms with E-state index in [1.54, 1.807) is 25.1 Å². The molecule has 0 aliphatic carbocycles. The summed E-state index contributed by atoms with van der Waals surface area (Å²) in [6.07, 6.45) is 0.438. The standard InChI is InChI=1S/C11H9Cl2NO2/c1-6-9(11(15)14-16-6)4-7-2-3-8(12)5-10(7)13/h2-3,5H,4H2,1H3,(H,14,15). The molecule has 1 aromatic heterocycles. The monoisotopic (exact) mass is 257 g/mol. The summed E-state index contributed by atoms with van der Waals surface area (Å²) < 4.78 is 4.92. The van der Waals surface area contributed by atoms with Crippen LogP contribution < -0.4 is 5.56 Å². The average molecular weight is 258 g/mol. The van der Waals surface area contributed by atoms with Crippen molar-refractivity contribution >= 4 is 23.2 Å². The van der Waals surface area contributed by atoms with Crippen molar-refractivity contribution in [2.75, 3.05) is 0 Å². The van der Waals surface area contributed by atoms with Crippen LogP contribution in [0.4, 0.5) is 0 Å². The third-order valence-electron chi connectivity index (χ3n) is 2.38. The summed E-state index contributed by atoms with van der Waals surface area (Å²) in [6, 6.07) is 5.20. The zero-order valence-electron chi connectivity index (χ0n) is 8.51. The lowest BCUT2D eigenvalue weighted by Gasteiger charge is -2.02. The second kappa shape index (κ2) is 4.36. The molecule has 0 fully saturated rings. The number of hydrogen-bond acceptors (Lipinski definition) is 2. The highest BCUT2D eigenvalue weighted by Gasteiger charge is 2.11. The van der Waals surface area contributed by atoms with E-state index < -0.39 is 0 Å². The van der Waals surface area contributed by atoms with E-state index in [-0.39, 0.29) is 5.56 Å². The first-order chi connectivity index (χ1) is 7.58. The second-order valence-electron chi connectivity index (χ2n) is 3.48. The summed E-state index contributed by atoms with van der Waals surface area (Å²) in [5.74, 6) is 0.580. The van der Waals surface area contributed by atoms with Crippen LogP contribution in [0.3, 0.4) is 0 Å². The molecule has 0 radical (unpaired) electrons. The van der Waals surface area contributed by atoms with E-state index in [2.05, 4.69) is 5.16 Å². The number of nitrogens with one attached hydrogen (secondary N) is 1. The van der Waals surface area contributed by atoms with Crippen molar-refractivity contribution in [1.82, 2.24) is 5.16 Å². The van der Waals surface area contributed by atoms with Gasteiger partial charge in [0.05, 0.1) is 5.56 Å². The topological polar surface area (TPSA) is 46.0 Å². The highest BCUT2D eigenvalue weighted by molar-refractivity contribution is 6.35. The molecule has 1 N–H and O–H groups in total. The van der Waals surface area contributed by atoms with Gasteiger partial charge in [0.25, 0.3) is 5.56 Å². The third kappa shape index (κ3) is 2.15. The van der Waals surface area contributed by atoms with Gasteiger partial charge in [-0.15, -0.1) is 0 Å². The number of hydrogen-bond donors (Lipinski definition) is 1. The maximum Gasteiger partial charge on any atom is 0.283 e. The minimum atomic E-state index is -0.219. The quantitative estimate of drug-likeness (QED) is 0.899. The Bertz CT molecular complexity index is 572. The van der Waals surface area contributed by atoms with Crippen LogP contribution >= 0.6 is 23.2 Å². The van der Waals surface area contributed by atoms with Gasteiger partial charge in [0.2, 0.25) is 0 Å². The van der Waals surface area contributed by atoms with Crippen molar-refractivity contribution in [3.8, 4) is 0 Å². The van der Waals surface area contributed by atoms with Crippen LogP contribution in [0, 0.1) is 6.92 Å². The van der Waals surface area contributed by atoms with Gasteiger partial charge in [0.1, 0.15) is 5.76 Å². The Kier molecular flexibility index (Phi) is 3.08. The zero-order valence-corrected chi connectivity index (χ0v) is 10.0. The minimum Gasteiger partial charge on any atom is -0.384 e. The molecule has 0 saturated heterocycles. The summed E-state index contributed by atoms with van der Waals surface area (Å²) in [5.41, 5.74) is 1.22. The number of aromatic nitrogens is 1. The van der Waals surface area contributed by atoms with Crippen molar-refractivity contribution in [3.05, 3.63) is 55.5 Å². The lowest BCUT2D eigenvalue weighted by molar-refractivity contribution is 0.391. The molecular weight excluding hydrogens is 249 g/mol. The number of halogens is 2. The van der Waals surface area contributed by atoms with Crippen LogP contribution in [0.5, 0.6) is 0 Å².